The van der Waals surface area contributed by atoms with E-state index in [0.717, 1.165) is 38.2 Å². The maximum atomic E-state index is 12.1. The minimum absolute atomic E-state index is 0.000533. The molecule has 2 aliphatic rings. The fourth-order valence-corrected chi connectivity index (χ4v) is 4.40. The number of nitrogens with zero attached hydrogens (tertiary/aromatic N) is 3. The van der Waals surface area contributed by atoms with Crippen molar-refractivity contribution < 1.29 is 13.2 Å². The van der Waals surface area contributed by atoms with E-state index < -0.39 is 10.0 Å². The highest BCUT2D eigenvalue weighted by Crippen LogP contribution is 2.18. The molecule has 2 N–H and O–H groups in total. The first-order valence-corrected chi connectivity index (χ1v) is 10.7. The van der Waals surface area contributed by atoms with E-state index in [9.17, 15) is 13.2 Å². The molecule has 0 unspecified atom stereocenters. The number of sulfonamides is 1. The molecule has 3 heterocycles. The predicted molar refractivity (Wildman–Crippen MR) is 94.4 cm³/mol. The quantitative estimate of drug-likeness (QED) is 0.718. The van der Waals surface area contributed by atoms with Crippen LogP contribution in [0.25, 0.3) is 0 Å². The van der Waals surface area contributed by atoms with Crippen molar-refractivity contribution in [2.75, 3.05) is 32.4 Å². The lowest BCUT2D eigenvalue weighted by molar-refractivity contribution is -0.121. The van der Waals surface area contributed by atoms with Crippen molar-refractivity contribution in [3.05, 3.63) is 17.5 Å². The fourth-order valence-electron chi connectivity index (χ4n) is 3.46. The van der Waals surface area contributed by atoms with Gasteiger partial charge in [0.2, 0.25) is 15.9 Å². The van der Waals surface area contributed by atoms with Crippen LogP contribution in [0.2, 0.25) is 0 Å². The number of aryl methyl sites for hydroxylation is 1. The van der Waals surface area contributed by atoms with Crippen molar-refractivity contribution >= 4 is 15.9 Å². The van der Waals surface area contributed by atoms with Crippen molar-refractivity contribution in [1.29, 1.82) is 0 Å². The van der Waals surface area contributed by atoms with E-state index in [2.05, 4.69) is 21.8 Å². The molecule has 0 saturated carbocycles. The first-order chi connectivity index (χ1) is 11.9. The molecule has 0 aromatic carbocycles. The van der Waals surface area contributed by atoms with Gasteiger partial charge in [0, 0.05) is 45.6 Å². The molecular weight excluding hydrogens is 342 g/mol. The van der Waals surface area contributed by atoms with Gasteiger partial charge in [-0.1, -0.05) is 0 Å². The third-order valence-corrected chi connectivity index (χ3v) is 6.14. The summed E-state index contributed by atoms with van der Waals surface area (Å²) in [5.41, 5.74) is 2.12. The summed E-state index contributed by atoms with van der Waals surface area (Å²) >= 11 is 0. The Hall–Kier alpha value is -1.45. The number of carbonyl (C=O) groups is 1. The average molecular weight is 369 g/mol. The van der Waals surface area contributed by atoms with Crippen LogP contribution >= 0.6 is 0 Å². The van der Waals surface area contributed by atoms with Crippen LogP contribution < -0.4 is 10.6 Å². The molecule has 2 aliphatic heterocycles. The predicted octanol–water partition coefficient (Wildman–Crippen LogP) is -0.293. The number of hydrogen-bond acceptors (Lipinski definition) is 5. The van der Waals surface area contributed by atoms with E-state index in [-0.39, 0.29) is 11.8 Å². The Balaban J connectivity index is 1.41. The highest BCUT2D eigenvalue weighted by atomic mass is 32.2. The van der Waals surface area contributed by atoms with Gasteiger partial charge in [-0.2, -0.15) is 5.10 Å². The van der Waals surface area contributed by atoms with Crippen LogP contribution in [0.4, 0.5) is 0 Å². The summed E-state index contributed by atoms with van der Waals surface area (Å²) in [6.07, 6.45) is 4.08. The Morgan fingerprint density at radius 2 is 2.28 bits per heavy atom. The molecule has 0 spiro atoms. The number of carbonyl (C=O) groups excluding carboxylic acids is 1. The number of nitrogens with one attached hydrogen (secondary N) is 2. The van der Waals surface area contributed by atoms with Gasteiger partial charge in [0.25, 0.3) is 0 Å². The number of hydrogen-bond donors (Lipinski definition) is 2. The number of fused-ring (bicyclic) bond motifs is 1. The van der Waals surface area contributed by atoms with Gasteiger partial charge in [-0.3, -0.25) is 9.48 Å². The molecule has 1 aromatic rings. The normalized spacial score (nSPS) is 21.7. The molecule has 1 fully saturated rings. The Morgan fingerprint density at radius 3 is 3.04 bits per heavy atom. The Morgan fingerprint density at radius 1 is 1.44 bits per heavy atom. The van der Waals surface area contributed by atoms with Gasteiger partial charge < -0.3 is 10.6 Å². The molecule has 140 valence electrons. The number of piperidine rings is 1. The van der Waals surface area contributed by atoms with Crippen molar-refractivity contribution in [3.8, 4) is 0 Å². The average Bonchev–Trinajstić information content (AvgIpc) is 3.00. The van der Waals surface area contributed by atoms with Crippen LogP contribution in [0.5, 0.6) is 0 Å². The molecule has 0 bridgehead atoms. The van der Waals surface area contributed by atoms with E-state index in [0.29, 0.717) is 32.5 Å². The summed E-state index contributed by atoms with van der Waals surface area (Å²) < 4.78 is 26.8. The zero-order valence-electron chi connectivity index (χ0n) is 14.7. The zero-order valence-corrected chi connectivity index (χ0v) is 15.5. The monoisotopic (exact) mass is 369 g/mol. The fraction of sp³-hybridized carbons (Fsp3) is 0.750. The first kappa shape index (κ1) is 18.3. The zero-order chi connectivity index (χ0) is 17.9. The second kappa shape index (κ2) is 7.84. The van der Waals surface area contributed by atoms with E-state index in [1.165, 1.54) is 16.3 Å². The smallest absolute Gasteiger partial charge is 0.220 e. The molecule has 3 rings (SSSR count). The van der Waals surface area contributed by atoms with Crippen LogP contribution in [-0.4, -0.2) is 60.8 Å². The summed E-state index contributed by atoms with van der Waals surface area (Å²) in [5.74, 6) is 0.194. The third-order valence-electron chi connectivity index (χ3n) is 4.87. The van der Waals surface area contributed by atoms with Gasteiger partial charge in [-0.15, -0.1) is 0 Å². The minimum Gasteiger partial charge on any atom is -0.356 e. The van der Waals surface area contributed by atoms with Crippen LogP contribution in [0.15, 0.2) is 6.07 Å². The van der Waals surface area contributed by atoms with Gasteiger partial charge in [0.05, 0.1) is 24.2 Å². The molecular formula is C16H27N5O3S. The Bertz CT molecular complexity index is 692. The first-order valence-electron chi connectivity index (χ1n) is 8.90. The molecule has 1 amide bonds. The molecule has 0 radical (unpaired) electrons. The molecule has 25 heavy (non-hydrogen) atoms. The van der Waals surface area contributed by atoms with Gasteiger partial charge in [0.15, 0.2) is 0 Å². The van der Waals surface area contributed by atoms with E-state index in [1.54, 1.807) is 0 Å². The number of aromatic nitrogens is 2. The largest absolute Gasteiger partial charge is 0.356 e. The maximum absolute atomic E-state index is 12.1. The second-order valence-electron chi connectivity index (χ2n) is 6.96. The molecule has 1 atom stereocenters. The molecule has 8 nitrogen and oxygen atoms in total. The molecule has 9 heteroatoms. The Kier molecular flexibility index (Phi) is 5.75. The van der Waals surface area contributed by atoms with Crippen molar-refractivity contribution in [2.45, 2.75) is 38.8 Å². The summed E-state index contributed by atoms with van der Waals surface area (Å²) in [5, 5.41) is 10.8. The minimum atomic E-state index is -3.14. The summed E-state index contributed by atoms with van der Waals surface area (Å²) in [7, 11) is -3.14. The van der Waals surface area contributed by atoms with Gasteiger partial charge in [0.1, 0.15) is 0 Å². The Labute approximate surface area is 149 Å². The summed E-state index contributed by atoms with van der Waals surface area (Å²) in [6, 6.07) is 2.06. The SMILES string of the molecule is CS(=O)(=O)N1CCC[C@H](CNC(=O)CCc2cc3n(n2)CCNC3)C1. The lowest BCUT2D eigenvalue weighted by atomic mass is 9.99. The lowest BCUT2D eigenvalue weighted by Gasteiger charge is -2.30. The van der Waals surface area contributed by atoms with Gasteiger partial charge in [-0.25, -0.2) is 12.7 Å². The standard InChI is InChI=1S/C16H27N5O3S/c1-25(23,24)20-7-2-3-13(12-20)10-18-16(22)5-4-14-9-15-11-17-6-8-21(15)19-14/h9,13,17H,2-8,10-12H2,1H3,(H,18,22)/t13-/m1/s1. The van der Waals surface area contributed by atoms with Crippen LogP contribution in [-0.2, 0) is 34.3 Å². The second-order valence-corrected chi connectivity index (χ2v) is 8.94. The van der Waals surface area contributed by atoms with Crippen molar-refractivity contribution in [2.24, 2.45) is 5.92 Å². The maximum Gasteiger partial charge on any atom is 0.220 e. The highest BCUT2D eigenvalue weighted by Gasteiger charge is 2.26. The molecule has 1 saturated heterocycles. The third kappa shape index (κ3) is 5.02. The number of amides is 1. The highest BCUT2D eigenvalue weighted by molar-refractivity contribution is 7.88. The van der Waals surface area contributed by atoms with E-state index >= 15 is 0 Å². The molecule has 0 aliphatic carbocycles. The van der Waals surface area contributed by atoms with Crippen molar-refractivity contribution in [3.63, 3.8) is 0 Å². The van der Waals surface area contributed by atoms with Crippen LogP contribution in [0, 0.1) is 5.92 Å². The van der Waals surface area contributed by atoms with E-state index in [4.69, 9.17) is 0 Å². The number of rotatable bonds is 6. The van der Waals surface area contributed by atoms with Gasteiger partial charge in [-0.05, 0) is 24.8 Å². The van der Waals surface area contributed by atoms with Crippen LogP contribution in [0.3, 0.4) is 0 Å². The summed E-state index contributed by atoms with van der Waals surface area (Å²) in [6.45, 7) is 4.26. The van der Waals surface area contributed by atoms with Crippen molar-refractivity contribution in [1.82, 2.24) is 24.7 Å². The summed E-state index contributed by atoms with van der Waals surface area (Å²) in [4.78, 5) is 12.1. The molecule has 1 aromatic heterocycles. The van der Waals surface area contributed by atoms with Gasteiger partial charge >= 0.3 is 0 Å². The van der Waals surface area contributed by atoms with Crippen LogP contribution in [0.1, 0.15) is 30.7 Å². The topological polar surface area (TPSA) is 96.3 Å². The van der Waals surface area contributed by atoms with E-state index in [1.807, 2.05) is 4.68 Å². The lowest BCUT2D eigenvalue weighted by Crippen LogP contribution is -2.43.